The minimum Gasteiger partial charge on any atom is -0.497 e. The number of nitrogens with zero attached hydrogens (tertiary/aromatic N) is 2. The molecule has 1 aromatic heterocycles. The number of H-pyrrole nitrogens is 1. The summed E-state index contributed by atoms with van der Waals surface area (Å²) in [6, 6.07) is 17.2. The molecule has 2 aromatic carbocycles. The van der Waals surface area contributed by atoms with Crippen LogP contribution in [0.5, 0.6) is 11.5 Å². The van der Waals surface area contributed by atoms with E-state index in [-0.39, 0.29) is 11.9 Å². The number of rotatable bonds is 6. The zero-order chi connectivity index (χ0) is 20.2. The molecule has 0 saturated carbocycles. The summed E-state index contributed by atoms with van der Waals surface area (Å²) in [4.78, 5) is 14.8. The van der Waals surface area contributed by atoms with Gasteiger partial charge in [-0.05, 0) is 48.4 Å². The van der Waals surface area contributed by atoms with Crippen LogP contribution in [-0.2, 0) is 0 Å². The summed E-state index contributed by atoms with van der Waals surface area (Å²) in [5, 5.41) is 10.7. The Morgan fingerprint density at radius 2 is 1.93 bits per heavy atom. The number of amides is 1. The van der Waals surface area contributed by atoms with E-state index >= 15 is 0 Å². The number of hydrogen-bond donors (Lipinski definition) is 2. The maximum Gasteiger partial charge on any atom is 0.255 e. The molecule has 1 atom stereocenters. The lowest BCUT2D eigenvalue weighted by atomic mass is 10.1. The molecule has 1 fully saturated rings. The maximum atomic E-state index is 12.6. The van der Waals surface area contributed by atoms with Crippen molar-refractivity contribution in [3.63, 3.8) is 0 Å². The van der Waals surface area contributed by atoms with Gasteiger partial charge in [-0.3, -0.25) is 9.89 Å². The summed E-state index contributed by atoms with van der Waals surface area (Å²) in [7, 11) is 3.22. The molecule has 0 bridgehead atoms. The molecule has 7 heteroatoms. The van der Waals surface area contributed by atoms with Gasteiger partial charge in [-0.1, -0.05) is 12.1 Å². The van der Waals surface area contributed by atoms with Crippen LogP contribution in [0.1, 0.15) is 16.8 Å². The van der Waals surface area contributed by atoms with E-state index < -0.39 is 0 Å². The summed E-state index contributed by atoms with van der Waals surface area (Å²) in [6.07, 6.45) is 0.867. The van der Waals surface area contributed by atoms with Gasteiger partial charge in [0.2, 0.25) is 0 Å². The van der Waals surface area contributed by atoms with Crippen molar-refractivity contribution in [1.82, 2.24) is 15.5 Å². The Morgan fingerprint density at radius 1 is 1.14 bits per heavy atom. The predicted octanol–water partition coefficient (Wildman–Crippen LogP) is 3.10. The fourth-order valence-corrected chi connectivity index (χ4v) is 3.57. The van der Waals surface area contributed by atoms with E-state index in [9.17, 15) is 4.79 Å². The van der Waals surface area contributed by atoms with Crippen molar-refractivity contribution in [2.24, 2.45) is 0 Å². The Balaban J connectivity index is 1.40. The number of hydrogen-bond acceptors (Lipinski definition) is 5. The summed E-state index contributed by atoms with van der Waals surface area (Å²) >= 11 is 0. The lowest BCUT2D eigenvalue weighted by molar-refractivity contribution is 0.0937. The highest BCUT2D eigenvalue weighted by Gasteiger charge is 2.26. The van der Waals surface area contributed by atoms with Crippen LogP contribution in [-0.4, -0.2) is 49.5 Å². The average molecular weight is 392 g/mol. The summed E-state index contributed by atoms with van der Waals surface area (Å²) in [6.45, 7) is 1.55. The van der Waals surface area contributed by atoms with E-state index in [1.165, 1.54) is 0 Å². The zero-order valence-electron chi connectivity index (χ0n) is 16.5. The van der Waals surface area contributed by atoms with Gasteiger partial charge >= 0.3 is 0 Å². The van der Waals surface area contributed by atoms with Gasteiger partial charge in [-0.25, -0.2) is 0 Å². The molecule has 1 aliphatic heterocycles. The summed E-state index contributed by atoms with van der Waals surface area (Å²) in [5.74, 6) is 2.16. The summed E-state index contributed by atoms with van der Waals surface area (Å²) < 4.78 is 10.5. The Kier molecular flexibility index (Phi) is 5.37. The topological polar surface area (TPSA) is 79.5 Å². The molecule has 0 spiro atoms. The number of aromatic nitrogens is 2. The highest BCUT2D eigenvalue weighted by Crippen LogP contribution is 2.26. The molecule has 1 saturated heterocycles. The third kappa shape index (κ3) is 4.03. The number of methoxy groups -OCH3 is 2. The molecule has 0 aliphatic carbocycles. The van der Waals surface area contributed by atoms with E-state index in [1.54, 1.807) is 26.4 Å². The molecule has 7 nitrogen and oxygen atoms in total. The minimum absolute atomic E-state index is 0.0635. The van der Waals surface area contributed by atoms with Crippen molar-refractivity contribution in [3.8, 4) is 22.8 Å². The summed E-state index contributed by atoms with van der Waals surface area (Å²) in [5.41, 5.74) is 2.55. The lowest BCUT2D eigenvalue weighted by Crippen LogP contribution is -2.37. The van der Waals surface area contributed by atoms with E-state index in [1.807, 2.05) is 42.5 Å². The van der Waals surface area contributed by atoms with Gasteiger partial charge in [0.05, 0.1) is 25.5 Å². The molecule has 29 heavy (non-hydrogen) atoms. The fraction of sp³-hybridized carbons (Fsp3) is 0.273. The van der Waals surface area contributed by atoms with Gasteiger partial charge in [-0.2, -0.15) is 5.10 Å². The Labute approximate surface area is 169 Å². The quantitative estimate of drug-likeness (QED) is 0.674. The van der Waals surface area contributed by atoms with Crippen molar-refractivity contribution in [1.29, 1.82) is 0 Å². The Hall–Kier alpha value is -3.48. The first-order chi connectivity index (χ1) is 14.2. The third-order valence-electron chi connectivity index (χ3n) is 5.16. The molecule has 0 radical (unpaired) electrons. The van der Waals surface area contributed by atoms with Gasteiger partial charge in [0.1, 0.15) is 11.5 Å². The van der Waals surface area contributed by atoms with Crippen molar-refractivity contribution >= 4 is 11.7 Å². The number of nitrogens with one attached hydrogen (secondary N) is 2. The molecule has 1 amide bonds. The number of ether oxygens (including phenoxy) is 2. The number of benzene rings is 2. The average Bonchev–Trinajstić information content (AvgIpc) is 3.43. The number of carbonyl (C=O) groups is 1. The number of aromatic amines is 1. The van der Waals surface area contributed by atoms with Crippen molar-refractivity contribution < 1.29 is 14.3 Å². The number of carbonyl (C=O) groups excluding carboxylic acids is 1. The standard InChI is InChI=1S/C22H24N4O3/c1-28-17-9-7-15(8-10-17)19-13-21(25-24-19)26-12-11-16(14-26)23-22(27)18-5-3-4-6-20(18)29-2/h3-10,13,16H,11-12,14H2,1-2H3,(H,23,27)(H,24,25)/t16-/m1/s1. The molecule has 3 aromatic rings. The second kappa shape index (κ2) is 8.26. The largest absolute Gasteiger partial charge is 0.497 e. The van der Waals surface area contributed by atoms with E-state index in [0.717, 1.165) is 35.8 Å². The first-order valence-corrected chi connectivity index (χ1v) is 9.56. The smallest absolute Gasteiger partial charge is 0.255 e. The van der Waals surface area contributed by atoms with Crippen LogP contribution in [0.25, 0.3) is 11.3 Å². The highest BCUT2D eigenvalue weighted by atomic mass is 16.5. The van der Waals surface area contributed by atoms with Crippen LogP contribution in [0, 0.1) is 0 Å². The first-order valence-electron chi connectivity index (χ1n) is 9.56. The fourth-order valence-electron chi connectivity index (χ4n) is 3.57. The van der Waals surface area contributed by atoms with Crippen LogP contribution in [0.4, 0.5) is 5.82 Å². The second-order valence-corrected chi connectivity index (χ2v) is 6.97. The molecular weight excluding hydrogens is 368 g/mol. The van der Waals surface area contributed by atoms with E-state index in [0.29, 0.717) is 17.9 Å². The molecule has 0 unspecified atom stereocenters. The van der Waals surface area contributed by atoms with Crippen LogP contribution in [0.15, 0.2) is 54.6 Å². The van der Waals surface area contributed by atoms with Crippen LogP contribution in [0.3, 0.4) is 0 Å². The molecular formula is C22H24N4O3. The first kappa shape index (κ1) is 18.9. The minimum atomic E-state index is -0.116. The Morgan fingerprint density at radius 3 is 2.69 bits per heavy atom. The zero-order valence-corrected chi connectivity index (χ0v) is 16.5. The monoisotopic (exact) mass is 392 g/mol. The predicted molar refractivity (Wildman–Crippen MR) is 112 cm³/mol. The van der Waals surface area contributed by atoms with Gasteiger partial charge in [0.25, 0.3) is 5.91 Å². The molecule has 1 aliphatic rings. The molecule has 150 valence electrons. The number of anilines is 1. The van der Waals surface area contributed by atoms with Crippen LogP contribution >= 0.6 is 0 Å². The Bertz CT molecular complexity index is 984. The van der Waals surface area contributed by atoms with Crippen LogP contribution in [0.2, 0.25) is 0 Å². The highest BCUT2D eigenvalue weighted by molar-refractivity contribution is 5.97. The van der Waals surface area contributed by atoms with E-state index in [2.05, 4.69) is 20.4 Å². The van der Waals surface area contributed by atoms with Crippen LogP contribution < -0.4 is 19.7 Å². The molecule has 2 heterocycles. The van der Waals surface area contributed by atoms with Gasteiger partial charge < -0.3 is 19.7 Å². The normalized spacial score (nSPS) is 15.9. The lowest BCUT2D eigenvalue weighted by Gasteiger charge is -2.16. The SMILES string of the molecule is COc1ccc(-c2cc(N3CC[C@@H](NC(=O)c4ccccc4OC)C3)n[nH]2)cc1. The van der Waals surface area contributed by atoms with Gasteiger partial charge in [-0.15, -0.1) is 0 Å². The molecule has 4 rings (SSSR count). The van der Waals surface area contributed by atoms with Crippen molar-refractivity contribution in [3.05, 3.63) is 60.2 Å². The third-order valence-corrected chi connectivity index (χ3v) is 5.16. The van der Waals surface area contributed by atoms with Crippen molar-refractivity contribution in [2.75, 3.05) is 32.2 Å². The van der Waals surface area contributed by atoms with Gasteiger partial charge in [0, 0.05) is 25.2 Å². The van der Waals surface area contributed by atoms with E-state index in [4.69, 9.17) is 9.47 Å². The molecule has 2 N–H and O–H groups in total. The second-order valence-electron chi connectivity index (χ2n) is 6.97. The van der Waals surface area contributed by atoms with Gasteiger partial charge in [0.15, 0.2) is 5.82 Å². The number of para-hydroxylation sites is 1. The van der Waals surface area contributed by atoms with Crippen molar-refractivity contribution in [2.45, 2.75) is 12.5 Å². The maximum absolute atomic E-state index is 12.6.